The van der Waals surface area contributed by atoms with Gasteiger partial charge in [-0.3, -0.25) is 4.79 Å². The normalized spacial score (nSPS) is 18.1. The summed E-state index contributed by atoms with van der Waals surface area (Å²) in [5, 5.41) is 6.32. The largest absolute Gasteiger partial charge is 0.324 e. The lowest BCUT2D eigenvalue weighted by Gasteiger charge is -2.35. The van der Waals surface area contributed by atoms with E-state index in [0.29, 0.717) is 5.69 Å². The SMILES string of the molecule is CCC1(C(=O)Nc2ccc(F)cc2Cl)CCNCC1. The van der Waals surface area contributed by atoms with Gasteiger partial charge in [-0.2, -0.15) is 0 Å². The molecule has 1 heterocycles. The maximum Gasteiger partial charge on any atom is 0.230 e. The highest BCUT2D eigenvalue weighted by Crippen LogP contribution is 2.34. The zero-order valence-electron chi connectivity index (χ0n) is 10.9. The molecule has 1 aliphatic rings. The summed E-state index contributed by atoms with van der Waals surface area (Å²) in [7, 11) is 0. The molecule has 1 amide bonds. The second-order valence-electron chi connectivity index (χ2n) is 4.96. The van der Waals surface area contributed by atoms with Gasteiger partial charge < -0.3 is 10.6 Å². The first-order valence-electron chi connectivity index (χ1n) is 6.54. The summed E-state index contributed by atoms with van der Waals surface area (Å²) in [5.41, 5.74) is 0.127. The zero-order valence-corrected chi connectivity index (χ0v) is 11.7. The van der Waals surface area contributed by atoms with Crippen molar-refractivity contribution in [2.75, 3.05) is 18.4 Å². The van der Waals surface area contributed by atoms with Crippen molar-refractivity contribution >= 4 is 23.2 Å². The number of hydrogen-bond acceptors (Lipinski definition) is 2. The summed E-state index contributed by atoms with van der Waals surface area (Å²) in [6.45, 7) is 3.72. The number of amides is 1. The van der Waals surface area contributed by atoms with Crippen LogP contribution in [0.2, 0.25) is 5.02 Å². The Hall–Kier alpha value is -1.13. The lowest BCUT2D eigenvalue weighted by atomic mass is 9.76. The molecular weight excluding hydrogens is 267 g/mol. The van der Waals surface area contributed by atoms with Crippen LogP contribution in [0.15, 0.2) is 18.2 Å². The van der Waals surface area contributed by atoms with Gasteiger partial charge in [0.2, 0.25) is 5.91 Å². The molecule has 0 bridgehead atoms. The maximum absolute atomic E-state index is 13.0. The van der Waals surface area contributed by atoms with Gasteiger partial charge in [-0.25, -0.2) is 4.39 Å². The Kier molecular flexibility index (Phi) is 4.42. The number of carbonyl (C=O) groups is 1. The van der Waals surface area contributed by atoms with E-state index in [4.69, 9.17) is 11.6 Å². The summed E-state index contributed by atoms with van der Waals surface area (Å²) in [5.74, 6) is -0.430. The Labute approximate surface area is 117 Å². The third-order valence-electron chi connectivity index (χ3n) is 3.90. The highest BCUT2D eigenvalue weighted by atomic mass is 35.5. The molecular formula is C14H18ClFN2O. The maximum atomic E-state index is 13.0. The van der Waals surface area contributed by atoms with E-state index in [2.05, 4.69) is 10.6 Å². The summed E-state index contributed by atoms with van der Waals surface area (Å²) in [6.07, 6.45) is 2.42. The number of anilines is 1. The number of piperidine rings is 1. The van der Waals surface area contributed by atoms with Gasteiger partial charge in [0.1, 0.15) is 5.82 Å². The molecule has 3 nitrogen and oxygen atoms in total. The fourth-order valence-electron chi connectivity index (χ4n) is 2.49. The van der Waals surface area contributed by atoms with Crippen LogP contribution in [0.4, 0.5) is 10.1 Å². The molecule has 5 heteroatoms. The van der Waals surface area contributed by atoms with Gasteiger partial charge in [0.25, 0.3) is 0 Å². The van der Waals surface area contributed by atoms with Crippen LogP contribution in [0.5, 0.6) is 0 Å². The van der Waals surface area contributed by atoms with E-state index in [1.165, 1.54) is 18.2 Å². The summed E-state index contributed by atoms with van der Waals surface area (Å²) < 4.78 is 13.0. The minimum Gasteiger partial charge on any atom is -0.324 e. The Morgan fingerprint density at radius 1 is 1.47 bits per heavy atom. The van der Waals surface area contributed by atoms with E-state index in [-0.39, 0.29) is 16.3 Å². The Morgan fingerprint density at radius 2 is 2.16 bits per heavy atom. The first-order chi connectivity index (χ1) is 9.07. The fourth-order valence-corrected chi connectivity index (χ4v) is 2.71. The summed E-state index contributed by atoms with van der Waals surface area (Å²) in [6, 6.07) is 4.00. The monoisotopic (exact) mass is 284 g/mol. The van der Waals surface area contributed by atoms with Crippen LogP contribution < -0.4 is 10.6 Å². The van der Waals surface area contributed by atoms with Crippen LogP contribution in [0, 0.1) is 11.2 Å². The molecule has 0 spiro atoms. The first kappa shape index (κ1) is 14.3. The van der Waals surface area contributed by atoms with E-state index in [1.807, 2.05) is 6.92 Å². The fraction of sp³-hybridized carbons (Fsp3) is 0.500. The van der Waals surface area contributed by atoms with Crippen molar-refractivity contribution in [2.24, 2.45) is 5.41 Å². The molecule has 1 aromatic carbocycles. The molecule has 1 saturated heterocycles. The van der Waals surface area contributed by atoms with Gasteiger partial charge >= 0.3 is 0 Å². The second kappa shape index (κ2) is 5.88. The topological polar surface area (TPSA) is 41.1 Å². The first-order valence-corrected chi connectivity index (χ1v) is 6.92. The quantitative estimate of drug-likeness (QED) is 0.895. The zero-order chi connectivity index (χ0) is 13.9. The van der Waals surface area contributed by atoms with Gasteiger partial charge in [0.05, 0.1) is 16.1 Å². The van der Waals surface area contributed by atoms with Gasteiger partial charge in [0.15, 0.2) is 0 Å². The van der Waals surface area contributed by atoms with Crippen molar-refractivity contribution in [1.29, 1.82) is 0 Å². The third kappa shape index (κ3) is 3.07. The number of hydrogen-bond donors (Lipinski definition) is 2. The molecule has 0 aromatic heterocycles. The van der Waals surface area contributed by atoms with Crippen LogP contribution in [0.3, 0.4) is 0 Å². The minimum absolute atomic E-state index is 0.0231. The van der Waals surface area contributed by atoms with Gasteiger partial charge in [-0.05, 0) is 50.6 Å². The molecule has 1 aliphatic heterocycles. The van der Waals surface area contributed by atoms with Crippen molar-refractivity contribution in [3.05, 3.63) is 29.0 Å². The standard InChI is InChI=1S/C14H18ClFN2O/c1-2-14(5-7-17-8-6-14)13(19)18-12-4-3-10(16)9-11(12)15/h3-4,9,17H,2,5-8H2,1H3,(H,18,19). The summed E-state index contributed by atoms with van der Waals surface area (Å²) >= 11 is 5.93. The molecule has 1 aromatic rings. The van der Waals surface area contributed by atoms with Crippen molar-refractivity contribution in [3.8, 4) is 0 Å². The van der Waals surface area contributed by atoms with Crippen LogP contribution >= 0.6 is 11.6 Å². The van der Waals surface area contributed by atoms with Gasteiger partial charge in [-0.15, -0.1) is 0 Å². The predicted molar refractivity (Wildman–Crippen MR) is 74.9 cm³/mol. The molecule has 19 heavy (non-hydrogen) atoms. The van der Waals surface area contributed by atoms with E-state index >= 15 is 0 Å². The van der Waals surface area contributed by atoms with E-state index < -0.39 is 5.82 Å². The third-order valence-corrected chi connectivity index (χ3v) is 4.21. The lowest BCUT2D eigenvalue weighted by molar-refractivity contribution is -0.127. The van der Waals surface area contributed by atoms with Crippen LogP contribution in [0.25, 0.3) is 0 Å². The Bertz CT molecular complexity index is 473. The second-order valence-corrected chi connectivity index (χ2v) is 5.37. The van der Waals surface area contributed by atoms with Crippen LogP contribution in [-0.4, -0.2) is 19.0 Å². The molecule has 1 fully saturated rings. The molecule has 0 radical (unpaired) electrons. The molecule has 2 N–H and O–H groups in total. The molecule has 0 aliphatic carbocycles. The smallest absolute Gasteiger partial charge is 0.230 e. The molecule has 0 atom stereocenters. The van der Waals surface area contributed by atoms with Crippen LogP contribution in [0.1, 0.15) is 26.2 Å². The molecule has 2 rings (SSSR count). The van der Waals surface area contributed by atoms with E-state index in [0.717, 1.165) is 32.4 Å². The number of nitrogens with one attached hydrogen (secondary N) is 2. The predicted octanol–water partition coefficient (Wildman–Crippen LogP) is 3.20. The van der Waals surface area contributed by atoms with Crippen LogP contribution in [-0.2, 0) is 4.79 Å². The molecule has 104 valence electrons. The number of halogens is 2. The molecule has 0 unspecified atom stereocenters. The molecule has 0 saturated carbocycles. The highest BCUT2D eigenvalue weighted by molar-refractivity contribution is 6.33. The lowest BCUT2D eigenvalue weighted by Crippen LogP contribution is -2.44. The van der Waals surface area contributed by atoms with Crippen molar-refractivity contribution < 1.29 is 9.18 Å². The van der Waals surface area contributed by atoms with E-state index in [1.54, 1.807) is 0 Å². The van der Waals surface area contributed by atoms with Crippen molar-refractivity contribution in [3.63, 3.8) is 0 Å². The Balaban J connectivity index is 2.15. The number of benzene rings is 1. The van der Waals surface area contributed by atoms with Crippen molar-refractivity contribution in [2.45, 2.75) is 26.2 Å². The average Bonchev–Trinajstić information content (AvgIpc) is 2.42. The summed E-state index contributed by atoms with van der Waals surface area (Å²) in [4.78, 5) is 12.5. The number of rotatable bonds is 3. The van der Waals surface area contributed by atoms with Gasteiger partial charge in [0, 0.05) is 0 Å². The highest BCUT2D eigenvalue weighted by Gasteiger charge is 2.37. The average molecular weight is 285 g/mol. The van der Waals surface area contributed by atoms with Crippen molar-refractivity contribution in [1.82, 2.24) is 5.32 Å². The van der Waals surface area contributed by atoms with Gasteiger partial charge in [-0.1, -0.05) is 18.5 Å². The minimum atomic E-state index is -0.407. The van der Waals surface area contributed by atoms with E-state index in [9.17, 15) is 9.18 Å². The Morgan fingerprint density at radius 3 is 2.74 bits per heavy atom. The number of carbonyl (C=O) groups excluding carboxylic acids is 1.